The average molecular weight is 410 g/mol. The van der Waals surface area contributed by atoms with E-state index in [4.69, 9.17) is 0 Å². The minimum atomic E-state index is 0.496. The van der Waals surface area contributed by atoms with E-state index in [9.17, 15) is 0 Å². The summed E-state index contributed by atoms with van der Waals surface area (Å²) in [4.78, 5) is 10.4. The number of hydrogen-bond donors (Lipinski definition) is 3. The highest BCUT2D eigenvalue weighted by molar-refractivity contribution is 7.07. The molecule has 0 amide bonds. The lowest BCUT2D eigenvalue weighted by Gasteiger charge is -2.32. The highest BCUT2D eigenvalue weighted by atomic mass is 32.1. The van der Waals surface area contributed by atoms with Crippen LogP contribution in [-0.4, -0.2) is 48.6 Å². The van der Waals surface area contributed by atoms with Crippen LogP contribution in [0.1, 0.15) is 29.5 Å². The standard InChI is InChI=1S/C23H31N5S/c1-17-4-3-5-21-19(14-26-22(17)21)6-10-25-23(24-2)27-20-7-11-28(12-8-20)15-18-9-13-29-16-18/h3-5,9,13-14,16,20,26H,6-8,10-12,15H2,1-2H3,(H2,24,25,27). The maximum absolute atomic E-state index is 4.43. The fourth-order valence-corrected chi connectivity index (χ4v) is 4.81. The average Bonchev–Trinajstić information content (AvgIpc) is 3.39. The fraction of sp³-hybridized carbons (Fsp3) is 0.435. The van der Waals surface area contributed by atoms with Gasteiger partial charge in [0.15, 0.2) is 5.96 Å². The van der Waals surface area contributed by atoms with E-state index in [0.29, 0.717) is 6.04 Å². The first-order valence-corrected chi connectivity index (χ1v) is 11.4. The van der Waals surface area contributed by atoms with Crippen molar-refractivity contribution in [2.75, 3.05) is 26.7 Å². The number of guanidine groups is 1. The molecule has 4 rings (SSSR count). The Bertz CT molecular complexity index is 935. The van der Waals surface area contributed by atoms with Crippen LogP contribution in [0, 0.1) is 6.92 Å². The van der Waals surface area contributed by atoms with Crippen LogP contribution in [0.4, 0.5) is 0 Å². The summed E-state index contributed by atoms with van der Waals surface area (Å²) >= 11 is 1.78. The molecule has 154 valence electrons. The zero-order valence-electron chi connectivity index (χ0n) is 17.4. The van der Waals surface area contributed by atoms with Gasteiger partial charge in [-0.05, 0) is 59.7 Å². The minimum absolute atomic E-state index is 0.496. The van der Waals surface area contributed by atoms with E-state index in [1.165, 1.54) is 27.6 Å². The van der Waals surface area contributed by atoms with Crippen LogP contribution in [0.15, 0.2) is 46.2 Å². The molecule has 29 heavy (non-hydrogen) atoms. The van der Waals surface area contributed by atoms with E-state index in [1.54, 1.807) is 11.3 Å². The zero-order valence-corrected chi connectivity index (χ0v) is 18.2. The fourth-order valence-electron chi connectivity index (χ4n) is 4.15. The van der Waals surface area contributed by atoms with Crippen LogP contribution in [0.2, 0.25) is 0 Å². The minimum Gasteiger partial charge on any atom is -0.361 e. The van der Waals surface area contributed by atoms with Gasteiger partial charge in [-0.15, -0.1) is 0 Å². The molecule has 1 saturated heterocycles. The van der Waals surface area contributed by atoms with Gasteiger partial charge in [-0.25, -0.2) is 0 Å². The molecule has 1 fully saturated rings. The van der Waals surface area contributed by atoms with Crippen molar-refractivity contribution in [1.82, 2.24) is 20.5 Å². The number of rotatable bonds is 6. The molecular formula is C23H31N5S. The topological polar surface area (TPSA) is 55.5 Å². The third-order valence-corrected chi connectivity index (χ3v) is 6.57. The van der Waals surface area contributed by atoms with Crippen molar-refractivity contribution >= 4 is 28.2 Å². The van der Waals surface area contributed by atoms with E-state index in [0.717, 1.165) is 51.4 Å². The second-order valence-corrected chi connectivity index (χ2v) is 8.67. The smallest absolute Gasteiger partial charge is 0.191 e. The lowest BCUT2D eigenvalue weighted by atomic mass is 10.0. The first kappa shape index (κ1) is 20.0. The Hall–Kier alpha value is -2.31. The molecule has 6 heteroatoms. The largest absolute Gasteiger partial charge is 0.361 e. The lowest BCUT2D eigenvalue weighted by molar-refractivity contribution is 0.198. The summed E-state index contributed by atoms with van der Waals surface area (Å²) in [6.07, 6.45) is 5.43. The number of likely N-dealkylation sites (tertiary alicyclic amines) is 1. The summed E-state index contributed by atoms with van der Waals surface area (Å²) in [6, 6.07) is 9.21. The predicted octanol–water partition coefficient (Wildman–Crippen LogP) is 3.91. The number of piperidine rings is 1. The number of thiophene rings is 1. The summed E-state index contributed by atoms with van der Waals surface area (Å²) in [5.41, 5.74) is 5.34. The van der Waals surface area contributed by atoms with Gasteiger partial charge in [-0.3, -0.25) is 9.89 Å². The Morgan fingerprint density at radius 1 is 1.28 bits per heavy atom. The maximum atomic E-state index is 4.43. The molecule has 2 aromatic heterocycles. The van der Waals surface area contributed by atoms with Crippen molar-refractivity contribution in [2.45, 2.75) is 38.8 Å². The van der Waals surface area contributed by atoms with E-state index in [-0.39, 0.29) is 0 Å². The molecule has 0 bridgehead atoms. The number of para-hydroxylation sites is 1. The number of aromatic nitrogens is 1. The van der Waals surface area contributed by atoms with Crippen LogP contribution in [0.3, 0.4) is 0 Å². The zero-order chi connectivity index (χ0) is 20.1. The predicted molar refractivity (Wildman–Crippen MR) is 124 cm³/mol. The molecular weight excluding hydrogens is 378 g/mol. The molecule has 3 heterocycles. The number of hydrogen-bond acceptors (Lipinski definition) is 3. The second-order valence-electron chi connectivity index (χ2n) is 7.89. The Labute approximate surface area is 177 Å². The SMILES string of the molecule is CN=C(NCCc1c[nH]c2c(C)cccc12)NC1CCN(Cc2ccsc2)CC1. The van der Waals surface area contributed by atoms with Crippen molar-refractivity contribution < 1.29 is 0 Å². The molecule has 0 unspecified atom stereocenters. The van der Waals surface area contributed by atoms with Gasteiger partial charge < -0.3 is 15.6 Å². The number of aryl methyl sites for hydroxylation is 1. The van der Waals surface area contributed by atoms with Crippen molar-refractivity contribution in [2.24, 2.45) is 4.99 Å². The van der Waals surface area contributed by atoms with Gasteiger partial charge in [-0.1, -0.05) is 18.2 Å². The van der Waals surface area contributed by atoms with Gasteiger partial charge in [0.05, 0.1) is 0 Å². The molecule has 0 aliphatic carbocycles. The summed E-state index contributed by atoms with van der Waals surface area (Å²) < 4.78 is 0. The monoisotopic (exact) mass is 409 g/mol. The van der Waals surface area contributed by atoms with Crippen LogP contribution < -0.4 is 10.6 Å². The van der Waals surface area contributed by atoms with Gasteiger partial charge in [0.25, 0.3) is 0 Å². The molecule has 5 nitrogen and oxygen atoms in total. The van der Waals surface area contributed by atoms with Crippen LogP contribution >= 0.6 is 11.3 Å². The third kappa shape index (κ3) is 5.00. The molecule has 3 N–H and O–H groups in total. The van der Waals surface area contributed by atoms with E-state index in [2.05, 4.69) is 73.7 Å². The van der Waals surface area contributed by atoms with Crippen molar-refractivity contribution in [3.63, 3.8) is 0 Å². The van der Waals surface area contributed by atoms with Crippen LogP contribution in [-0.2, 0) is 13.0 Å². The summed E-state index contributed by atoms with van der Waals surface area (Å²) in [7, 11) is 1.86. The molecule has 0 atom stereocenters. The molecule has 0 radical (unpaired) electrons. The molecule has 1 aliphatic rings. The quantitative estimate of drug-likeness (QED) is 0.427. The summed E-state index contributed by atoms with van der Waals surface area (Å²) in [5, 5.41) is 12.9. The Morgan fingerprint density at radius 3 is 2.90 bits per heavy atom. The Balaban J connectivity index is 1.22. The Morgan fingerprint density at radius 2 is 2.14 bits per heavy atom. The number of aromatic amines is 1. The summed E-state index contributed by atoms with van der Waals surface area (Å²) in [5.74, 6) is 0.914. The molecule has 1 aromatic carbocycles. The number of H-pyrrole nitrogens is 1. The van der Waals surface area contributed by atoms with E-state index < -0.39 is 0 Å². The third-order valence-electron chi connectivity index (χ3n) is 5.83. The highest BCUT2D eigenvalue weighted by Crippen LogP contribution is 2.21. The van der Waals surface area contributed by atoms with Crippen LogP contribution in [0.5, 0.6) is 0 Å². The molecule has 0 saturated carbocycles. The van der Waals surface area contributed by atoms with Gasteiger partial charge in [0.2, 0.25) is 0 Å². The number of fused-ring (bicyclic) bond motifs is 1. The number of nitrogens with one attached hydrogen (secondary N) is 3. The van der Waals surface area contributed by atoms with Gasteiger partial charge in [-0.2, -0.15) is 11.3 Å². The lowest BCUT2D eigenvalue weighted by Crippen LogP contribution is -2.48. The van der Waals surface area contributed by atoms with Crippen molar-refractivity contribution in [3.8, 4) is 0 Å². The first-order chi connectivity index (χ1) is 14.2. The highest BCUT2D eigenvalue weighted by Gasteiger charge is 2.20. The molecule has 3 aromatic rings. The van der Waals surface area contributed by atoms with Crippen molar-refractivity contribution in [1.29, 1.82) is 0 Å². The molecule has 1 aliphatic heterocycles. The summed E-state index contributed by atoms with van der Waals surface area (Å²) in [6.45, 7) is 6.38. The molecule has 0 spiro atoms. The van der Waals surface area contributed by atoms with Crippen LogP contribution in [0.25, 0.3) is 10.9 Å². The van der Waals surface area contributed by atoms with Gasteiger partial charge >= 0.3 is 0 Å². The normalized spacial score (nSPS) is 16.4. The van der Waals surface area contributed by atoms with E-state index in [1.807, 2.05) is 7.05 Å². The van der Waals surface area contributed by atoms with E-state index >= 15 is 0 Å². The number of benzene rings is 1. The van der Waals surface area contributed by atoms with Gasteiger partial charge in [0.1, 0.15) is 0 Å². The van der Waals surface area contributed by atoms with Gasteiger partial charge in [0, 0.05) is 56.4 Å². The van der Waals surface area contributed by atoms with Crippen molar-refractivity contribution in [3.05, 3.63) is 57.9 Å². The number of aliphatic imine (C=N–C) groups is 1. The number of nitrogens with zero attached hydrogens (tertiary/aromatic N) is 2. The second kappa shape index (κ2) is 9.46. The maximum Gasteiger partial charge on any atom is 0.191 e. The first-order valence-electron chi connectivity index (χ1n) is 10.5. The Kier molecular flexibility index (Phi) is 6.52.